The lowest BCUT2D eigenvalue weighted by atomic mass is 10.0. The third kappa shape index (κ3) is 4.35. The molecule has 1 heterocycles. The van der Waals surface area contributed by atoms with E-state index < -0.39 is 12.0 Å². The van der Waals surface area contributed by atoms with Crippen LogP contribution in [0.2, 0.25) is 0 Å². The van der Waals surface area contributed by atoms with Crippen molar-refractivity contribution in [2.45, 2.75) is 19.4 Å². The van der Waals surface area contributed by atoms with E-state index in [-0.39, 0.29) is 0 Å². The van der Waals surface area contributed by atoms with Crippen molar-refractivity contribution in [1.29, 1.82) is 0 Å². The molecule has 0 fully saturated rings. The van der Waals surface area contributed by atoms with Crippen LogP contribution in [0.1, 0.15) is 12.5 Å². The van der Waals surface area contributed by atoms with Gasteiger partial charge in [-0.15, -0.1) is 0 Å². The number of nitrogens with two attached hydrogens (primary N) is 1. The van der Waals surface area contributed by atoms with E-state index in [9.17, 15) is 4.79 Å². The average Bonchev–Trinajstić information content (AvgIpc) is 3.12. The Morgan fingerprint density at radius 3 is 2.48 bits per heavy atom. The summed E-state index contributed by atoms with van der Waals surface area (Å²) in [6.07, 6.45) is 2.25. The third-order valence-corrected chi connectivity index (χ3v) is 4.20. The molecule has 6 nitrogen and oxygen atoms in total. The molecule has 2 N–H and O–H groups in total. The number of methoxy groups -OCH3 is 1. The van der Waals surface area contributed by atoms with Crippen LogP contribution in [-0.4, -0.2) is 35.5 Å². The first-order chi connectivity index (χ1) is 13.1. The van der Waals surface area contributed by atoms with E-state index in [4.69, 9.17) is 20.3 Å². The van der Waals surface area contributed by atoms with E-state index >= 15 is 0 Å². The van der Waals surface area contributed by atoms with E-state index in [0.29, 0.717) is 13.0 Å². The largest absolute Gasteiger partial charge is 0.497 e. The van der Waals surface area contributed by atoms with Gasteiger partial charge in [0.2, 0.25) is 0 Å². The van der Waals surface area contributed by atoms with Crippen LogP contribution in [0.3, 0.4) is 0 Å². The second-order valence-corrected chi connectivity index (χ2v) is 6.07. The van der Waals surface area contributed by atoms with Crippen LogP contribution in [0, 0.1) is 0 Å². The van der Waals surface area contributed by atoms with Gasteiger partial charge in [-0.05, 0) is 43.3 Å². The van der Waals surface area contributed by atoms with Gasteiger partial charge >= 0.3 is 5.97 Å². The predicted molar refractivity (Wildman–Crippen MR) is 104 cm³/mol. The topological polar surface area (TPSA) is 79.4 Å². The van der Waals surface area contributed by atoms with Crippen molar-refractivity contribution in [3.8, 4) is 22.7 Å². The maximum atomic E-state index is 12.0. The number of para-hydroxylation sites is 1. The van der Waals surface area contributed by atoms with E-state index in [1.54, 1.807) is 18.7 Å². The van der Waals surface area contributed by atoms with Crippen LogP contribution in [-0.2, 0) is 16.0 Å². The Kier molecular flexibility index (Phi) is 5.88. The molecule has 6 heteroatoms. The molecule has 0 spiro atoms. The standard InChI is InChI=1S/C21H23N3O3/c1-3-27-21(25)19(22)13-16-14-24(17-7-5-4-6-8-17)23-20(16)15-9-11-18(26-2)12-10-15/h4-12,14,19H,3,13,22H2,1-2H3. The normalized spacial score (nSPS) is 11.8. The quantitative estimate of drug-likeness (QED) is 0.651. The highest BCUT2D eigenvalue weighted by Crippen LogP contribution is 2.26. The first-order valence-corrected chi connectivity index (χ1v) is 8.83. The number of rotatable bonds is 7. The highest BCUT2D eigenvalue weighted by molar-refractivity contribution is 5.76. The second-order valence-electron chi connectivity index (χ2n) is 6.07. The summed E-state index contributed by atoms with van der Waals surface area (Å²) in [6.45, 7) is 2.07. The first-order valence-electron chi connectivity index (χ1n) is 8.83. The van der Waals surface area contributed by atoms with Gasteiger partial charge in [0.1, 0.15) is 11.8 Å². The number of carbonyl (C=O) groups is 1. The molecule has 2 aromatic carbocycles. The Labute approximate surface area is 158 Å². The molecule has 0 bridgehead atoms. The van der Waals surface area contributed by atoms with Gasteiger partial charge in [-0.1, -0.05) is 18.2 Å². The maximum Gasteiger partial charge on any atom is 0.323 e. The Morgan fingerprint density at radius 2 is 1.85 bits per heavy atom. The van der Waals surface area contributed by atoms with Crippen LogP contribution in [0.15, 0.2) is 60.8 Å². The molecule has 1 aromatic heterocycles. The van der Waals surface area contributed by atoms with Gasteiger partial charge in [-0.2, -0.15) is 5.10 Å². The fourth-order valence-corrected chi connectivity index (χ4v) is 2.83. The van der Waals surface area contributed by atoms with Crippen molar-refractivity contribution in [3.05, 3.63) is 66.4 Å². The van der Waals surface area contributed by atoms with Crippen LogP contribution in [0.5, 0.6) is 5.75 Å². The lowest BCUT2D eigenvalue weighted by Crippen LogP contribution is -2.34. The van der Waals surface area contributed by atoms with Gasteiger partial charge in [-0.25, -0.2) is 4.68 Å². The summed E-state index contributed by atoms with van der Waals surface area (Å²) in [6, 6.07) is 16.7. The van der Waals surface area contributed by atoms with Crippen LogP contribution in [0.4, 0.5) is 0 Å². The summed E-state index contributed by atoms with van der Waals surface area (Å²) in [4.78, 5) is 12.0. The van der Waals surface area contributed by atoms with Crippen molar-refractivity contribution in [2.24, 2.45) is 5.73 Å². The van der Waals surface area contributed by atoms with Crippen LogP contribution >= 0.6 is 0 Å². The summed E-state index contributed by atoms with van der Waals surface area (Å²) in [5.41, 5.74) is 9.56. The van der Waals surface area contributed by atoms with E-state index in [2.05, 4.69) is 0 Å². The maximum absolute atomic E-state index is 12.0. The smallest absolute Gasteiger partial charge is 0.323 e. The molecule has 3 rings (SSSR count). The number of carbonyl (C=O) groups excluding carboxylic acids is 1. The molecule has 0 aliphatic carbocycles. The zero-order valence-electron chi connectivity index (χ0n) is 15.5. The number of ether oxygens (including phenoxy) is 2. The van der Waals surface area contributed by atoms with Gasteiger partial charge in [0, 0.05) is 23.7 Å². The second kappa shape index (κ2) is 8.51. The minimum Gasteiger partial charge on any atom is -0.497 e. The average molecular weight is 365 g/mol. The predicted octanol–water partition coefficient (Wildman–Crippen LogP) is 2.98. The summed E-state index contributed by atoms with van der Waals surface area (Å²) in [7, 11) is 1.63. The number of aromatic nitrogens is 2. The zero-order valence-corrected chi connectivity index (χ0v) is 15.5. The molecule has 140 valence electrons. The lowest BCUT2D eigenvalue weighted by Gasteiger charge is -2.10. The molecule has 0 saturated carbocycles. The zero-order chi connectivity index (χ0) is 19.2. The number of nitrogens with zero attached hydrogens (tertiary/aromatic N) is 2. The highest BCUT2D eigenvalue weighted by atomic mass is 16.5. The summed E-state index contributed by atoms with van der Waals surface area (Å²) < 4.78 is 12.1. The van der Waals surface area contributed by atoms with E-state index in [1.807, 2.05) is 60.8 Å². The lowest BCUT2D eigenvalue weighted by molar-refractivity contribution is -0.144. The molecule has 3 aromatic rings. The molecular weight excluding hydrogens is 342 g/mol. The molecule has 1 unspecified atom stereocenters. The molecule has 0 aliphatic rings. The molecule has 0 aliphatic heterocycles. The first kappa shape index (κ1) is 18.7. The van der Waals surface area contributed by atoms with E-state index in [0.717, 1.165) is 28.3 Å². The fourth-order valence-electron chi connectivity index (χ4n) is 2.83. The molecule has 0 amide bonds. The van der Waals surface area contributed by atoms with Gasteiger partial charge in [0.15, 0.2) is 0 Å². The Hall–Kier alpha value is -3.12. The van der Waals surface area contributed by atoms with Crippen LogP contribution < -0.4 is 10.5 Å². The van der Waals surface area contributed by atoms with Crippen molar-refractivity contribution >= 4 is 5.97 Å². The Bertz CT molecular complexity index is 889. The number of hydrogen-bond acceptors (Lipinski definition) is 5. The van der Waals surface area contributed by atoms with Gasteiger partial charge in [0.25, 0.3) is 0 Å². The van der Waals surface area contributed by atoms with Crippen molar-refractivity contribution in [2.75, 3.05) is 13.7 Å². The summed E-state index contributed by atoms with van der Waals surface area (Å²) >= 11 is 0. The van der Waals surface area contributed by atoms with Crippen molar-refractivity contribution < 1.29 is 14.3 Å². The fraction of sp³-hybridized carbons (Fsp3) is 0.238. The summed E-state index contributed by atoms with van der Waals surface area (Å²) in [5, 5.41) is 4.73. The molecule has 27 heavy (non-hydrogen) atoms. The van der Waals surface area contributed by atoms with Crippen molar-refractivity contribution in [3.63, 3.8) is 0 Å². The minimum absolute atomic E-state index is 0.307. The number of benzene rings is 2. The minimum atomic E-state index is -0.740. The Balaban J connectivity index is 1.98. The molecule has 0 radical (unpaired) electrons. The van der Waals surface area contributed by atoms with Gasteiger partial charge < -0.3 is 15.2 Å². The van der Waals surface area contributed by atoms with E-state index in [1.165, 1.54) is 0 Å². The molecular formula is C21H23N3O3. The monoisotopic (exact) mass is 365 g/mol. The number of hydrogen-bond donors (Lipinski definition) is 1. The Morgan fingerprint density at radius 1 is 1.15 bits per heavy atom. The molecule has 1 atom stereocenters. The summed E-state index contributed by atoms with van der Waals surface area (Å²) in [5.74, 6) is 0.358. The molecule has 0 saturated heterocycles. The van der Waals surface area contributed by atoms with Crippen LogP contribution in [0.25, 0.3) is 16.9 Å². The number of esters is 1. The van der Waals surface area contributed by atoms with Crippen molar-refractivity contribution in [1.82, 2.24) is 9.78 Å². The highest BCUT2D eigenvalue weighted by Gasteiger charge is 2.20. The SMILES string of the molecule is CCOC(=O)C(N)Cc1cn(-c2ccccc2)nc1-c1ccc(OC)cc1. The van der Waals surface area contributed by atoms with Gasteiger partial charge in [-0.3, -0.25) is 4.79 Å². The van der Waals surface area contributed by atoms with Gasteiger partial charge in [0.05, 0.1) is 25.1 Å². The third-order valence-electron chi connectivity index (χ3n) is 4.20.